The molecule has 2 fully saturated rings. The van der Waals surface area contributed by atoms with Gasteiger partial charge in [-0.1, -0.05) is 17.7 Å². The molecule has 0 aromatic heterocycles. The van der Waals surface area contributed by atoms with Crippen LogP contribution in [0.2, 0.25) is 5.02 Å². The Morgan fingerprint density at radius 1 is 1.26 bits per heavy atom. The van der Waals surface area contributed by atoms with Gasteiger partial charge in [-0.15, -0.1) is 0 Å². The highest BCUT2D eigenvalue weighted by Gasteiger charge is 2.40. The van der Waals surface area contributed by atoms with Gasteiger partial charge in [0.05, 0.1) is 19.0 Å². The van der Waals surface area contributed by atoms with Gasteiger partial charge < -0.3 is 14.5 Å². The Morgan fingerprint density at radius 3 is 2.74 bits per heavy atom. The maximum Gasteiger partial charge on any atom is 0.245 e. The number of nitrogens with zero attached hydrogens (tertiary/aromatic N) is 2. The van der Waals surface area contributed by atoms with E-state index in [0.717, 1.165) is 24.0 Å². The number of ether oxygens (including phenoxy) is 1. The Bertz CT molecular complexity index is 964. The monoisotopic (exact) mass is 469 g/mol. The van der Waals surface area contributed by atoms with Crippen molar-refractivity contribution < 1.29 is 22.7 Å². The summed E-state index contributed by atoms with van der Waals surface area (Å²) in [6.45, 7) is 4.06. The summed E-state index contributed by atoms with van der Waals surface area (Å²) in [6.07, 6.45) is 1.90. The van der Waals surface area contributed by atoms with Crippen molar-refractivity contribution in [3.8, 4) is 0 Å². The summed E-state index contributed by atoms with van der Waals surface area (Å²) in [7, 11) is -3.67. The average molecular weight is 470 g/mol. The Morgan fingerprint density at radius 2 is 2.00 bits per heavy atom. The van der Waals surface area contributed by atoms with Gasteiger partial charge in [0.1, 0.15) is 12.1 Å². The second-order valence-electron chi connectivity index (χ2n) is 8.46. The molecule has 10 heteroatoms. The van der Waals surface area contributed by atoms with Gasteiger partial charge in [-0.25, -0.2) is 13.1 Å². The van der Waals surface area contributed by atoms with Crippen molar-refractivity contribution >= 4 is 33.4 Å². The standard InChI is InChI=1S/C21H28ClN3O5S/c1-14(20(26)24-8-10-30-11-9-24)25-7-6-19(21(25)27)23-31(28,29)13-16-3-2-15-12-17(22)4-5-18(15)16/h4-5,12,14,16,19,23H,2-3,6-11,13H2,1H3/t14-,16?,19-/m0/s1. The predicted octanol–water partition coefficient (Wildman–Crippen LogP) is 1.14. The van der Waals surface area contributed by atoms with Crippen molar-refractivity contribution in [1.82, 2.24) is 14.5 Å². The van der Waals surface area contributed by atoms with Crippen LogP contribution < -0.4 is 4.72 Å². The molecule has 0 bridgehead atoms. The van der Waals surface area contributed by atoms with Gasteiger partial charge in [0.25, 0.3) is 0 Å². The third-order valence-electron chi connectivity index (χ3n) is 6.44. The highest BCUT2D eigenvalue weighted by Crippen LogP contribution is 2.35. The third kappa shape index (κ3) is 4.89. The van der Waals surface area contributed by atoms with Crippen LogP contribution in [0.1, 0.15) is 36.8 Å². The molecule has 3 atom stereocenters. The van der Waals surface area contributed by atoms with E-state index in [1.54, 1.807) is 17.9 Å². The highest BCUT2D eigenvalue weighted by atomic mass is 35.5. The predicted molar refractivity (Wildman–Crippen MR) is 116 cm³/mol. The lowest BCUT2D eigenvalue weighted by Crippen LogP contribution is -2.52. The zero-order chi connectivity index (χ0) is 22.2. The first-order valence-corrected chi connectivity index (χ1v) is 12.7. The van der Waals surface area contributed by atoms with Crippen LogP contribution >= 0.6 is 11.6 Å². The van der Waals surface area contributed by atoms with Crippen LogP contribution in [0.5, 0.6) is 0 Å². The van der Waals surface area contributed by atoms with Gasteiger partial charge in [-0.3, -0.25) is 9.59 Å². The highest BCUT2D eigenvalue weighted by molar-refractivity contribution is 7.89. The maximum absolute atomic E-state index is 12.9. The fourth-order valence-electron chi connectivity index (χ4n) is 4.75. The van der Waals surface area contributed by atoms with Crippen LogP contribution in [-0.2, 0) is 30.8 Å². The van der Waals surface area contributed by atoms with E-state index in [1.807, 2.05) is 12.1 Å². The summed E-state index contributed by atoms with van der Waals surface area (Å²) in [6, 6.07) is 4.13. The zero-order valence-corrected chi connectivity index (χ0v) is 19.1. The minimum absolute atomic E-state index is 0.0618. The van der Waals surface area contributed by atoms with Crippen molar-refractivity contribution in [3.05, 3.63) is 34.3 Å². The lowest BCUT2D eigenvalue weighted by Gasteiger charge is -2.32. The number of rotatable bonds is 6. The SMILES string of the molecule is C[C@@H](C(=O)N1CCOCC1)N1CC[C@H](NS(=O)(=O)CC2CCc3cc(Cl)ccc32)C1=O. The van der Waals surface area contributed by atoms with Crippen LogP contribution in [0.25, 0.3) is 0 Å². The molecule has 1 N–H and O–H groups in total. The number of hydrogen-bond donors (Lipinski definition) is 1. The number of halogens is 1. The second kappa shape index (κ2) is 9.05. The Hall–Kier alpha value is -1.68. The Labute approximate surface area is 187 Å². The molecule has 0 saturated carbocycles. The number of sulfonamides is 1. The van der Waals surface area contributed by atoms with E-state index in [4.69, 9.17) is 16.3 Å². The molecule has 4 rings (SSSR count). The summed E-state index contributed by atoms with van der Waals surface area (Å²) in [4.78, 5) is 28.8. The first kappa shape index (κ1) is 22.5. The molecule has 1 aliphatic carbocycles. The lowest BCUT2D eigenvalue weighted by atomic mass is 10.0. The normalized spacial score (nSPS) is 25.0. The number of nitrogens with one attached hydrogen (secondary N) is 1. The number of carbonyl (C=O) groups is 2. The molecule has 3 aliphatic rings. The van der Waals surface area contributed by atoms with Crippen LogP contribution in [0.15, 0.2) is 18.2 Å². The van der Waals surface area contributed by atoms with Gasteiger partial charge in [0, 0.05) is 24.7 Å². The molecule has 31 heavy (non-hydrogen) atoms. The molecule has 0 spiro atoms. The van der Waals surface area contributed by atoms with E-state index in [0.29, 0.717) is 44.3 Å². The smallest absolute Gasteiger partial charge is 0.245 e. The topological polar surface area (TPSA) is 96.0 Å². The molecule has 1 unspecified atom stereocenters. The molecular formula is C21H28ClN3O5S. The summed E-state index contributed by atoms with van der Waals surface area (Å²) in [5, 5.41) is 0.651. The number of fused-ring (bicyclic) bond motifs is 1. The van der Waals surface area contributed by atoms with Crippen LogP contribution in [0.3, 0.4) is 0 Å². The number of aryl methyl sites for hydroxylation is 1. The largest absolute Gasteiger partial charge is 0.378 e. The van der Waals surface area contributed by atoms with Crippen molar-refractivity contribution in [2.24, 2.45) is 0 Å². The number of hydrogen-bond acceptors (Lipinski definition) is 5. The van der Waals surface area contributed by atoms with Crippen molar-refractivity contribution in [2.45, 2.75) is 44.2 Å². The van der Waals surface area contributed by atoms with Gasteiger partial charge in [-0.05, 0) is 55.4 Å². The van der Waals surface area contributed by atoms with E-state index in [9.17, 15) is 18.0 Å². The summed E-state index contributed by atoms with van der Waals surface area (Å²) < 4.78 is 33.5. The maximum atomic E-state index is 12.9. The molecule has 1 aromatic carbocycles. The number of amides is 2. The minimum atomic E-state index is -3.67. The third-order valence-corrected chi connectivity index (χ3v) is 8.16. The van der Waals surface area contributed by atoms with E-state index < -0.39 is 22.1 Å². The molecule has 2 saturated heterocycles. The number of morpholine rings is 1. The molecule has 2 aliphatic heterocycles. The summed E-state index contributed by atoms with van der Waals surface area (Å²) >= 11 is 6.04. The minimum Gasteiger partial charge on any atom is -0.378 e. The number of likely N-dealkylation sites (tertiary alicyclic amines) is 1. The molecule has 1 aromatic rings. The van der Waals surface area contributed by atoms with Gasteiger partial charge >= 0.3 is 0 Å². The quantitative estimate of drug-likeness (QED) is 0.674. The zero-order valence-electron chi connectivity index (χ0n) is 17.5. The second-order valence-corrected chi connectivity index (χ2v) is 10.7. The first-order chi connectivity index (χ1) is 14.7. The number of benzene rings is 1. The average Bonchev–Trinajstić information content (AvgIpc) is 3.30. The van der Waals surface area contributed by atoms with Gasteiger partial charge in [0.2, 0.25) is 21.8 Å². The van der Waals surface area contributed by atoms with Gasteiger partial charge in [-0.2, -0.15) is 0 Å². The van der Waals surface area contributed by atoms with Crippen molar-refractivity contribution in [3.63, 3.8) is 0 Å². The summed E-state index contributed by atoms with van der Waals surface area (Å²) in [5.74, 6) is -0.634. The van der Waals surface area contributed by atoms with Crippen molar-refractivity contribution in [1.29, 1.82) is 0 Å². The lowest BCUT2D eigenvalue weighted by molar-refractivity contribution is -0.146. The van der Waals surface area contributed by atoms with E-state index >= 15 is 0 Å². The number of carbonyl (C=O) groups excluding carboxylic acids is 2. The molecule has 2 heterocycles. The van der Waals surface area contributed by atoms with E-state index in [2.05, 4.69) is 4.72 Å². The van der Waals surface area contributed by atoms with Crippen molar-refractivity contribution in [2.75, 3.05) is 38.6 Å². The fourth-order valence-corrected chi connectivity index (χ4v) is 6.57. The molecule has 0 radical (unpaired) electrons. The molecule has 2 amide bonds. The molecular weight excluding hydrogens is 442 g/mol. The van der Waals surface area contributed by atoms with E-state index in [-0.39, 0.29) is 23.5 Å². The molecule has 8 nitrogen and oxygen atoms in total. The van der Waals surface area contributed by atoms with E-state index in [1.165, 1.54) is 4.90 Å². The van der Waals surface area contributed by atoms with Crippen LogP contribution in [0, 0.1) is 0 Å². The Kier molecular flexibility index (Phi) is 6.57. The first-order valence-electron chi connectivity index (χ1n) is 10.7. The summed E-state index contributed by atoms with van der Waals surface area (Å²) in [5.41, 5.74) is 2.10. The molecule has 170 valence electrons. The fraction of sp³-hybridized carbons (Fsp3) is 0.619. The van der Waals surface area contributed by atoms with Gasteiger partial charge in [0.15, 0.2) is 0 Å². The van der Waals surface area contributed by atoms with Crippen LogP contribution in [0.4, 0.5) is 0 Å². The Balaban J connectivity index is 1.36. The van der Waals surface area contributed by atoms with Crippen LogP contribution in [-0.4, -0.2) is 80.7 Å².